The fourth-order valence-electron chi connectivity index (χ4n) is 4.55. The Hall–Kier alpha value is -3.87. The van der Waals surface area contributed by atoms with Gasteiger partial charge in [-0.1, -0.05) is 39.0 Å². The van der Waals surface area contributed by atoms with Gasteiger partial charge in [-0.15, -0.1) is 0 Å². The topological polar surface area (TPSA) is 98.6 Å². The highest BCUT2D eigenvalue weighted by Crippen LogP contribution is 2.47. The van der Waals surface area contributed by atoms with Crippen molar-refractivity contribution >= 4 is 22.8 Å². The molecule has 0 aromatic heterocycles. The van der Waals surface area contributed by atoms with Gasteiger partial charge in [-0.05, 0) is 55.0 Å². The predicted octanol–water partition coefficient (Wildman–Crippen LogP) is 6.96. The van der Waals surface area contributed by atoms with Crippen molar-refractivity contribution in [3.63, 3.8) is 0 Å². The molecule has 0 saturated carbocycles. The minimum Gasteiger partial charge on any atom is -0.258 e. The average Bonchev–Trinajstić information content (AvgIpc) is 3.05. The van der Waals surface area contributed by atoms with E-state index in [-0.39, 0.29) is 17.3 Å². The average molecular weight is 444 g/mol. The van der Waals surface area contributed by atoms with Gasteiger partial charge in [0.2, 0.25) is 0 Å². The standard InChI is InChI=1S/C26H25N3O4/c1-6-17-12-20-19(13-22(17)28(30)31)24-21(10-15(4)11-23(24)29(32)33)26(20)27-25-16(5)8-7-9-18(25)14(2)3/h7-14H,6H2,1-5H3. The summed E-state index contributed by atoms with van der Waals surface area (Å²) in [4.78, 5) is 27.9. The van der Waals surface area contributed by atoms with Gasteiger partial charge in [0.25, 0.3) is 11.4 Å². The first-order valence-electron chi connectivity index (χ1n) is 10.9. The van der Waals surface area contributed by atoms with Gasteiger partial charge in [0, 0.05) is 34.4 Å². The molecule has 0 atom stereocenters. The normalized spacial score (nSPS) is 13.3. The highest BCUT2D eigenvalue weighted by molar-refractivity contribution is 6.27. The number of rotatable bonds is 5. The molecule has 0 aliphatic heterocycles. The molecule has 3 aromatic carbocycles. The van der Waals surface area contributed by atoms with Gasteiger partial charge in [0.05, 0.1) is 26.8 Å². The Balaban J connectivity index is 2.14. The van der Waals surface area contributed by atoms with E-state index in [1.807, 2.05) is 38.1 Å². The molecule has 1 aliphatic rings. The SMILES string of the molecule is CCc1cc2c(cc1[N+](=O)[O-])-c1c(cc(C)cc1[N+](=O)[O-])C2=Nc1c(C)cccc1C(C)C. The lowest BCUT2D eigenvalue weighted by molar-refractivity contribution is -0.385. The van der Waals surface area contributed by atoms with E-state index in [2.05, 4.69) is 13.8 Å². The molecular weight excluding hydrogens is 418 g/mol. The van der Waals surface area contributed by atoms with Crippen LogP contribution in [-0.4, -0.2) is 15.6 Å². The molecule has 0 amide bonds. The Bertz CT molecular complexity index is 1360. The molecule has 0 spiro atoms. The smallest absolute Gasteiger partial charge is 0.258 e. The van der Waals surface area contributed by atoms with Gasteiger partial charge in [0.15, 0.2) is 0 Å². The van der Waals surface area contributed by atoms with Crippen LogP contribution in [0.15, 0.2) is 47.5 Å². The Kier molecular flexibility index (Phi) is 5.57. The lowest BCUT2D eigenvalue weighted by Gasteiger charge is -2.13. The summed E-state index contributed by atoms with van der Waals surface area (Å²) in [5.41, 5.74) is 6.96. The molecule has 0 bridgehead atoms. The maximum absolute atomic E-state index is 12.0. The number of benzene rings is 3. The molecule has 7 heteroatoms. The second kappa shape index (κ2) is 8.24. The molecule has 0 saturated heterocycles. The summed E-state index contributed by atoms with van der Waals surface area (Å²) in [5, 5.41) is 23.7. The van der Waals surface area contributed by atoms with Crippen molar-refractivity contribution < 1.29 is 9.85 Å². The highest BCUT2D eigenvalue weighted by atomic mass is 16.6. The largest absolute Gasteiger partial charge is 0.278 e. The van der Waals surface area contributed by atoms with Gasteiger partial charge in [-0.3, -0.25) is 20.2 Å². The predicted molar refractivity (Wildman–Crippen MR) is 130 cm³/mol. The van der Waals surface area contributed by atoms with E-state index in [1.54, 1.807) is 13.0 Å². The van der Waals surface area contributed by atoms with E-state index in [9.17, 15) is 20.2 Å². The summed E-state index contributed by atoms with van der Waals surface area (Å²) < 4.78 is 0. The zero-order valence-corrected chi connectivity index (χ0v) is 19.3. The number of aryl methyl sites for hydroxylation is 3. The van der Waals surface area contributed by atoms with E-state index >= 15 is 0 Å². The van der Waals surface area contributed by atoms with Crippen molar-refractivity contribution in [2.45, 2.75) is 47.0 Å². The number of nitro benzene ring substituents is 2. The molecule has 0 radical (unpaired) electrons. The molecule has 168 valence electrons. The van der Waals surface area contributed by atoms with Gasteiger partial charge in [-0.2, -0.15) is 0 Å². The quantitative estimate of drug-likeness (QED) is 0.246. The third-order valence-corrected chi connectivity index (χ3v) is 6.15. The van der Waals surface area contributed by atoms with E-state index in [0.29, 0.717) is 39.9 Å². The van der Waals surface area contributed by atoms with E-state index in [4.69, 9.17) is 4.99 Å². The van der Waals surface area contributed by atoms with Crippen molar-refractivity contribution in [2.75, 3.05) is 0 Å². The van der Waals surface area contributed by atoms with E-state index in [1.165, 1.54) is 12.1 Å². The minimum atomic E-state index is -0.425. The summed E-state index contributed by atoms with van der Waals surface area (Å²) >= 11 is 0. The van der Waals surface area contributed by atoms with Crippen molar-refractivity contribution in [1.82, 2.24) is 0 Å². The maximum atomic E-state index is 12.0. The van der Waals surface area contributed by atoms with Crippen LogP contribution in [-0.2, 0) is 6.42 Å². The molecule has 0 unspecified atom stereocenters. The van der Waals surface area contributed by atoms with Crippen LogP contribution in [0, 0.1) is 34.1 Å². The van der Waals surface area contributed by atoms with Gasteiger partial charge in [-0.25, -0.2) is 4.99 Å². The van der Waals surface area contributed by atoms with Gasteiger partial charge >= 0.3 is 0 Å². The first kappa shape index (κ1) is 22.3. The van der Waals surface area contributed by atoms with Crippen molar-refractivity contribution in [2.24, 2.45) is 4.99 Å². The fraction of sp³-hybridized carbons (Fsp3) is 0.269. The van der Waals surface area contributed by atoms with Crippen LogP contribution in [0.4, 0.5) is 17.1 Å². The van der Waals surface area contributed by atoms with Crippen LogP contribution in [0.2, 0.25) is 0 Å². The van der Waals surface area contributed by atoms with Crippen LogP contribution in [0.3, 0.4) is 0 Å². The second-order valence-corrected chi connectivity index (χ2v) is 8.73. The highest BCUT2D eigenvalue weighted by Gasteiger charge is 2.35. The second-order valence-electron chi connectivity index (χ2n) is 8.73. The zero-order chi connectivity index (χ0) is 24.0. The molecule has 1 aliphatic carbocycles. The number of nitro groups is 2. The maximum Gasteiger partial charge on any atom is 0.278 e. The lowest BCUT2D eigenvalue weighted by atomic mass is 9.97. The van der Waals surface area contributed by atoms with Crippen LogP contribution < -0.4 is 0 Å². The number of para-hydroxylation sites is 1. The van der Waals surface area contributed by atoms with E-state index in [0.717, 1.165) is 22.4 Å². The third kappa shape index (κ3) is 3.69. The number of hydrogen-bond acceptors (Lipinski definition) is 5. The third-order valence-electron chi connectivity index (χ3n) is 6.15. The van der Waals surface area contributed by atoms with Crippen molar-refractivity contribution in [1.29, 1.82) is 0 Å². The van der Waals surface area contributed by atoms with Crippen LogP contribution in [0.5, 0.6) is 0 Å². The number of fused-ring (bicyclic) bond motifs is 3. The summed E-state index contributed by atoms with van der Waals surface area (Å²) in [6.45, 7) is 9.86. The molecule has 33 heavy (non-hydrogen) atoms. The molecule has 0 heterocycles. The minimum absolute atomic E-state index is 0.0305. The van der Waals surface area contributed by atoms with Crippen LogP contribution in [0.1, 0.15) is 60.1 Å². The van der Waals surface area contributed by atoms with Crippen molar-refractivity contribution in [3.8, 4) is 11.1 Å². The molecule has 0 fully saturated rings. The summed E-state index contributed by atoms with van der Waals surface area (Å²) in [6.07, 6.45) is 0.468. The molecular formula is C26H25N3O4. The van der Waals surface area contributed by atoms with Crippen molar-refractivity contribution in [3.05, 3.63) is 96.1 Å². The Morgan fingerprint density at radius 1 is 0.909 bits per heavy atom. The Labute approximate surface area is 192 Å². The lowest BCUT2D eigenvalue weighted by Crippen LogP contribution is -2.03. The van der Waals surface area contributed by atoms with Crippen LogP contribution in [0.25, 0.3) is 11.1 Å². The first-order chi connectivity index (χ1) is 15.6. The molecule has 0 N–H and O–H groups in total. The zero-order valence-electron chi connectivity index (χ0n) is 19.3. The fourth-order valence-corrected chi connectivity index (χ4v) is 4.55. The summed E-state index contributed by atoms with van der Waals surface area (Å²) in [6, 6.07) is 12.7. The number of nitrogens with zero attached hydrogens (tertiary/aromatic N) is 3. The van der Waals surface area contributed by atoms with Crippen LogP contribution >= 0.6 is 0 Å². The first-order valence-corrected chi connectivity index (χ1v) is 10.9. The Morgan fingerprint density at radius 2 is 1.61 bits per heavy atom. The number of aliphatic imine (C=N–C) groups is 1. The van der Waals surface area contributed by atoms with Gasteiger partial charge < -0.3 is 0 Å². The van der Waals surface area contributed by atoms with Gasteiger partial charge in [0.1, 0.15) is 0 Å². The molecule has 3 aromatic rings. The van der Waals surface area contributed by atoms with E-state index < -0.39 is 9.85 Å². The molecule has 4 rings (SSSR count). The summed E-state index contributed by atoms with van der Waals surface area (Å²) in [7, 11) is 0. The summed E-state index contributed by atoms with van der Waals surface area (Å²) in [5.74, 6) is 0.236. The monoisotopic (exact) mass is 443 g/mol. The Morgan fingerprint density at radius 3 is 2.21 bits per heavy atom. The molecule has 7 nitrogen and oxygen atoms in total. The number of hydrogen-bond donors (Lipinski definition) is 0.